The van der Waals surface area contributed by atoms with Crippen LogP contribution in [0.25, 0.3) is 0 Å². The van der Waals surface area contributed by atoms with Gasteiger partial charge in [0, 0.05) is 6.07 Å². The van der Waals surface area contributed by atoms with E-state index in [9.17, 15) is 9.59 Å². The molecule has 0 aliphatic carbocycles. The molecule has 0 saturated heterocycles. The van der Waals surface area contributed by atoms with Gasteiger partial charge in [-0.25, -0.2) is 0 Å². The van der Waals surface area contributed by atoms with Gasteiger partial charge < -0.3 is 29.6 Å². The van der Waals surface area contributed by atoms with E-state index in [1.54, 1.807) is 49.6 Å². The van der Waals surface area contributed by atoms with E-state index in [0.29, 0.717) is 22.9 Å². The van der Waals surface area contributed by atoms with Crippen molar-refractivity contribution in [2.45, 2.75) is 6.42 Å². The molecule has 0 bridgehead atoms. The van der Waals surface area contributed by atoms with Crippen molar-refractivity contribution in [3.63, 3.8) is 0 Å². The van der Waals surface area contributed by atoms with Crippen LogP contribution in [0, 0.1) is 0 Å². The van der Waals surface area contributed by atoms with Gasteiger partial charge in [0.15, 0.2) is 0 Å². The Kier molecular flexibility index (Phi) is 7.95. The molecule has 28 heavy (non-hydrogen) atoms. The summed E-state index contributed by atoms with van der Waals surface area (Å²) in [6, 6.07) is 12.1. The molecule has 2 amide bonds. The fourth-order valence-electron chi connectivity index (χ4n) is 2.34. The fourth-order valence-corrected chi connectivity index (χ4v) is 2.34. The minimum absolute atomic E-state index is 0.282. The maximum atomic E-state index is 12.1. The maximum Gasteiger partial charge on any atom is 0.233 e. The van der Waals surface area contributed by atoms with Crippen LogP contribution >= 0.6 is 0 Å². The highest BCUT2D eigenvalue weighted by Crippen LogP contribution is 2.29. The van der Waals surface area contributed by atoms with E-state index in [4.69, 9.17) is 18.9 Å². The van der Waals surface area contributed by atoms with Gasteiger partial charge in [-0.05, 0) is 36.4 Å². The lowest BCUT2D eigenvalue weighted by Crippen LogP contribution is -2.31. The van der Waals surface area contributed by atoms with Gasteiger partial charge in [0.1, 0.15) is 36.0 Å². The second kappa shape index (κ2) is 10.7. The normalized spacial score (nSPS) is 9.96. The molecule has 0 heterocycles. The number of ether oxygens (including phenoxy) is 4. The number of methoxy groups -OCH3 is 3. The van der Waals surface area contributed by atoms with Gasteiger partial charge in [-0.3, -0.25) is 9.59 Å². The SMILES string of the molecule is COc1ccc(OCCNC(=O)CC(=O)Nc2ccc(OC)cc2OC)cc1. The monoisotopic (exact) mass is 388 g/mol. The van der Waals surface area contributed by atoms with Crippen molar-refractivity contribution >= 4 is 17.5 Å². The van der Waals surface area contributed by atoms with Crippen molar-refractivity contribution < 1.29 is 28.5 Å². The van der Waals surface area contributed by atoms with E-state index in [0.717, 1.165) is 5.75 Å². The molecule has 0 aliphatic rings. The van der Waals surface area contributed by atoms with E-state index in [-0.39, 0.29) is 19.6 Å². The molecule has 2 N–H and O–H groups in total. The summed E-state index contributed by atoms with van der Waals surface area (Å²) < 4.78 is 20.9. The van der Waals surface area contributed by atoms with Crippen LogP contribution in [0.4, 0.5) is 5.69 Å². The average molecular weight is 388 g/mol. The third kappa shape index (κ3) is 6.39. The summed E-state index contributed by atoms with van der Waals surface area (Å²) in [5.41, 5.74) is 0.462. The molecule has 2 aromatic rings. The first-order valence-electron chi connectivity index (χ1n) is 8.61. The lowest BCUT2D eigenvalue weighted by molar-refractivity contribution is -0.126. The molecular weight excluding hydrogens is 364 g/mol. The summed E-state index contributed by atoms with van der Waals surface area (Å²) >= 11 is 0. The number of hydrogen-bond donors (Lipinski definition) is 2. The summed E-state index contributed by atoms with van der Waals surface area (Å²) in [6.07, 6.45) is -0.308. The largest absolute Gasteiger partial charge is 0.497 e. The molecular formula is C20H24N2O6. The molecule has 0 unspecified atom stereocenters. The van der Waals surface area contributed by atoms with Crippen molar-refractivity contribution in [2.75, 3.05) is 39.8 Å². The smallest absolute Gasteiger partial charge is 0.233 e. The standard InChI is InChI=1S/C20H24N2O6/c1-25-14-4-6-15(7-5-14)28-11-10-21-19(23)13-20(24)22-17-9-8-16(26-2)12-18(17)27-3/h4-9,12H,10-11,13H2,1-3H3,(H,21,23)(H,22,24). The van der Waals surface area contributed by atoms with Crippen LogP contribution in [0.3, 0.4) is 0 Å². The number of carbonyl (C=O) groups excluding carboxylic acids is 2. The van der Waals surface area contributed by atoms with Gasteiger partial charge in [-0.1, -0.05) is 0 Å². The van der Waals surface area contributed by atoms with Gasteiger partial charge in [0.25, 0.3) is 0 Å². The predicted molar refractivity (Wildman–Crippen MR) is 104 cm³/mol. The van der Waals surface area contributed by atoms with Crippen LogP contribution in [-0.4, -0.2) is 46.3 Å². The lowest BCUT2D eigenvalue weighted by Gasteiger charge is -2.12. The van der Waals surface area contributed by atoms with Gasteiger partial charge in [-0.15, -0.1) is 0 Å². The van der Waals surface area contributed by atoms with E-state index < -0.39 is 11.8 Å². The Morgan fingerprint density at radius 1 is 0.821 bits per heavy atom. The first-order valence-corrected chi connectivity index (χ1v) is 8.61. The van der Waals surface area contributed by atoms with Crippen LogP contribution < -0.4 is 29.6 Å². The fraction of sp³-hybridized carbons (Fsp3) is 0.300. The minimum Gasteiger partial charge on any atom is -0.497 e. The average Bonchev–Trinajstić information content (AvgIpc) is 2.71. The molecule has 0 aliphatic heterocycles. The third-order valence-electron chi connectivity index (χ3n) is 3.76. The minimum atomic E-state index is -0.447. The summed E-state index contributed by atoms with van der Waals surface area (Å²) in [4.78, 5) is 24.0. The number of amides is 2. The number of benzene rings is 2. The quantitative estimate of drug-likeness (QED) is 0.479. The van der Waals surface area contributed by atoms with Gasteiger partial charge in [-0.2, -0.15) is 0 Å². The van der Waals surface area contributed by atoms with Crippen molar-refractivity contribution in [1.29, 1.82) is 0 Å². The van der Waals surface area contributed by atoms with Gasteiger partial charge in [0.05, 0.1) is 33.6 Å². The second-order valence-electron chi connectivity index (χ2n) is 5.67. The first-order chi connectivity index (χ1) is 13.5. The van der Waals surface area contributed by atoms with Crippen LogP contribution in [0.2, 0.25) is 0 Å². The highest BCUT2D eigenvalue weighted by atomic mass is 16.5. The highest BCUT2D eigenvalue weighted by Gasteiger charge is 2.12. The second-order valence-corrected chi connectivity index (χ2v) is 5.67. The predicted octanol–water partition coefficient (Wildman–Crippen LogP) is 2.24. The van der Waals surface area contributed by atoms with E-state index in [1.165, 1.54) is 14.2 Å². The van der Waals surface area contributed by atoms with Crippen molar-refractivity contribution in [3.8, 4) is 23.0 Å². The van der Waals surface area contributed by atoms with E-state index in [2.05, 4.69) is 10.6 Å². The van der Waals surface area contributed by atoms with E-state index in [1.807, 2.05) is 0 Å². The Bertz CT molecular complexity index is 792. The topological polar surface area (TPSA) is 95.1 Å². The van der Waals surface area contributed by atoms with Crippen molar-refractivity contribution in [1.82, 2.24) is 5.32 Å². The van der Waals surface area contributed by atoms with Crippen molar-refractivity contribution in [2.24, 2.45) is 0 Å². The molecule has 0 atom stereocenters. The molecule has 8 heteroatoms. The summed E-state index contributed by atoms with van der Waals surface area (Å²) in [5, 5.41) is 5.29. The highest BCUT2D eigenvalue weighted by molar-refractivity contribution is 6.04. The number of carbonyl (C=O) groups is 2. The lowest BCUT2D eigenvalue weighted by atomic mass is 10.2. The zero-order valence-electron chi connectivity index (χ0n) is 16.1. The summed E-state index contributed by atoms with van der Waals surface area (Å²) in [6.45, 7) is 0.565. The van der Waals surface area contributed by atoms with Crippen LogP contribution in [0.5, 0.6) is 23.0 Å². The Balaban J connectivity index is 1.72. The van der Waals surface area contributed by atoms with Crippen molar-refractivity contribution in [3.05, 3.63) is 42.5 Å². The molecule has 0 radical (unpaired) electrons. The van der Waals surface area contributed by atoms with Crippen LogP contribution in [0.15, 0.2) is 42.5 Å². The third-order valence-corrected chi connectivity index (χ3v) is 3.76. The number of nitrogens with one attached hydrogen (secondary N) is 2. The molecule has 0 saturated carbocycles. The number of rotatable bonds is 10. The molecule has 0 aromatic heterocycles. The molecule has 150 valence electrons. The summed E-state index contributed by atoms with van der Waals surface area (Å²) in [7, 11) is 4.61. The molecule has 8 nitrogen and oxygen atoms in total. The van der Waals surface area contributed by atoms with Gasteiger partial charge in [0.2, 0.25) is 11.8 Å². The Morgan fingerprint density at radius 3 is 2.11 bits per heavy atom. The van der Waals surface area contributed by atoms with Crippen LogP contribution in [0.1, 0.15) is 6.42 Å². The van der Waals surface area contributed by atoms with E-state index >= 15 is 0 Å². The first kappa shape index (κ1) is 20.9. The van der Waals surface area contributed by atoms with Gasteiger partial charge >= 0.3 is 0 Å². The number of anilines is 1. The Labute approximate surface area is 163 Å². The molecule has 0 fully saturated rings. The summed E-state index contributed by atoms with van der Waals surface area (Å²) in [5.74, 6) is 1.60. The maximum absolute atomic E-state index is 12.1. The van der Waals surface area contributed by atoms with Crippen LogP contribution in [-0.2, 0) is 9.59 Å². The molecule has 2 aromatic carbocycles. The Hall–Kier alpha value is -3.42. The number of hydrogen-bond acceptors (Lipinski definition) is 6. The Morgan fingerprint density at radius 2 is 1.46 bits per heavy atom. The zero-order chi connectivity index (χ0) is 20.4. The molecule has 2 rings (SSSR count). The molecule has 0 spiro atoms. The zero-order valence-corrected chi connectivity index (χ0v) is 16.1.